The first kappa shape index (κ1) is 16.6. The van der Waals surface area contributed by atoms with Crippen molar-refractivity contribution in [1.29, 1.82) is 0 Å². The molecule has 0 amide bonds. The summed E-state index contributed by atoms with van der Waals surface area (Å²) >= 11 is 6.20. The van der Waals surface area contributed by atoms with Crippen LogP contribution in [0.3, 0.4) is 0 Å². The molecule has 3 rings (SSSR count). The largest absolute Gasteiger partial charge is 0.264 e. The van der Waals surface area contributed by atoms with Gasteiger partial charge in [0.2, 0.25) is 0 Å². The lowest BCUT2D eigenvalue weighted by molar-refractivity contribution is 0.593. The van der Waals surface area contributed by atoms with Crippen LogP contribution in [-0.4, -0.2) is 15.0 Å². The summed E-state index contributed by atoms with van der Waals surface area (Å²) in [5, 5.41) is 2.24. The van der Waals surface area contributed by atoms with E-state index in [9.17, 15) is 8.42 Å². The molecule has 0 N–H and O–H groups in total. The van der Waals surface area contributed by atoms with Crippen LogP contribution < -0.4 is 4.31 Å². The number of benzene rings is 3. The van der Waals surface area contributed by atoms with Crippen LogP contribution in [0.1, 0.15) is 0 Å². The van der Waals surface area contributed by atoms with Gasteiger partial charge in [0.05, 0.1) is 22.2 Å². The summed E-state index contributed by atoms with van der Waals surface area (Å²) in [7, 11) is -3.75. The fourth-order valence-corrected chi connectivity index (χ4v) is 4.33. The molecular formula is C19H16ClNO2S. The van der Waals surface area contributed by atoms with Crippen molar-refractivity contribution in [2.45, 2.75) is 4.90 Å². The van der Waals surface area contributed by atoms with Crippen molar-refractivity contribution < 1.29 is 8.42 Å². The van der Waals surface area contributed by atoms with Crippen LogP contribution >= 0.6 is 11.6 Å². The number of para-hydroxylation sites is 1. The quantitative estimate of drug-likeness (QED) is 0.610. The second kappa shape index (κ2) is 6.67. The third kappa shape index (κ3) is 3.03. The Morgan fingerprint density at radius 3 is 2.33 bits per heavy atom. The molecule has 0 saturated heterocycles. The molecule has 0 heterocycles. The van der Waals surface area contributed by atoms with E-state index >= 15 is 0 Å². The minimum absolute atomic E-state index is 0.138. The van der Waals surface area contributed by atoms with Crippen molar-refractivity contribution in [3.63, 3.8) is 0 Å². The smallest absolute Gasteiger partial charge is 0.261 e. The van der Waals surface area contributed by atoms with E-state index in [1.807, 2.05) is 24.3 Å². The standard InChI is InChI=1S/C19H16ClNO2S/c1-2-13-21(19-10-6-5-9-18(19)20)24(22,23)17-12-11-15-7-3-4-8-16(15)14-17/h2-12,14H,1,13H2. The van der Waals surface area contributed by atoms with E-state index in [0.29, 0.717) is 10.7 Å². The first-order valence-corrected chi connectivity index (χ1v) is 9.23. The molecule has 0 atom stereocenters. The zero-order valence-corrected chi connectivity index (χ0v) is 14.5. The lowest BCUT2D eigenvalue weighted by Gasteiger charge is -2.24. The van der Waals surface area contributed by atoms with Crippen LogP contribution in [0.15, 0.2) is 84.3 Å². The van der Waals surface area contributed by atoms with Gasteiger partial charge < -0.3 is 0 Å². The number of rotatable bonds is 5. The predicted molar refractivity (Wildman–Crippen MR) is 100 cm³/mol. The van der Waals surface area contributed by atoms with Crippen LogP contribution in [0.2, 0.25) is 5.02 Å². The average Bonchev–Trinajstić information content (AvgIpc) is 2.60. The zero-order chi connectivity index (χ0) is 17.2. The summed E-state index contributed by atoms with van der Waals surface area (Å²) < 4.78 is 27.5. The molecule has 0 aliphatic rings. The number of hydrogen-bond acceptors (Lipinski definition) is 2. The minimum atomic E-state index is -3.75. The first-order valence-electron chi connectivity index (χ1n) is 7.41. The van der Waals surface area contributed by atoms with Crippen molar-refractivity contribution in [2.24, 2.45) is 0 Å². The van der Waals surface area contributed by atoms with Crippen molar-refractivity contribution >= 4 is 38.1 Å². The maximum atomic E-state index is 13.1. The zero-order valence-electron chi connectivity index (χ0n) is 12.9. The van der Waals surface area contributed by atoms with Crippen LogP contribution in [-0.2, 0) is 10.0 Å². The van der Waals surface area contributed by atoms with E-state index in [0.717, 1.165) is 10.8 Å². The minimum Gasteiger partial charge on any atom is -0.261 e. The van der Waals surface area contributed by atoms with Gasteiger partial charge in [-0.1, -0.05) is 60.1 Å². The van der Waals surface area contributed by atoms with Crippen molar-refractivity contribution in [3.05, 3.63) is 84.4 Å². The molecule has 24 heavy (non-hydrogen) atoms. The SMILES string of the molecule is C=CCN(c1ccccc1Cl)S(=O)(=O)c1ccc2ccccc2c1. The molecule has 3 aromatic rings. The molecular weight excluding hydrogens is 342 g/mol. The number of nitrogens with zero attached hydrogens (tertiary/aromatic N) is 1. The van der Waals surface area contributed by atoms with Crippen molar-refractivity contribution in [3.8, 4) is 0 Å². The van der Waals surface area contributed by atoms with E-state index in [-0.39, 0.29) is 11.4 Å². The van der Waals surface area contributed by atoms with Gasteiger partial charge >= 0.3 is 0 Å². The molecule has 0 aromatic heterocycles. The fraction of sp³-hybridized carbons (Fsp3) is 0.0526. The van der Waals surface area contributed by atoms with Gasteiger partial charge in [0, 0.05) is 0 Å². The number of hydrogen-bond donors (Lipinski definition) is 0. The highest BCUT2D eigenvalue weighted by Crippen LogP contribution is 2.31. The van der Waals surface area contributed by atoms with E-state index in [2.05, 4.69) is 6.58 Å². The van der Waals surface area contributed by atoms with Crippen LogP contribution in [0.4, 0.5) is 5.69 Å². The molecule has 0 aliphatic carbocycles. The summed E-state index contributed by atoms with van der Waals surface area (Å²) in [6.45, 7) is 3.80. The summed E-state index contributed by atoms with van der Waals surface area (Å²) in [5.74, 6) is 0. The van der Waals surface area contributed by atoms with E-state index in [4.69, 9.17) is 11.6 Å². The lowest BCUT2D eigenvalue weighted by atomic mass is 10.1. The Kier molecular flexibility index (Phi) is 4.60. The highest BCUT2D eigenvalue weighted by molar-refractivity contribution is 7.92. The molecule has 0 saturated carbocycles. The van der Waals surface area contributed by atoms with Gasteiger partial charge in [-0.15, -0.1) is 6.58 Å². The molecule has 0 radical (unpaired) electrons. The summed E-state index contributed by atoms with van der Waals surface area (Å²) in [4.78, 5) is 0.225. The summed E-state index contributed by atoms with van der Waals surface area (Å²) in [5.41, 5.74) is 0.437. The van der Waals surface area contributed by atoms with Gasteiger partial charge in [0.25, 0.3) is 10.0 Å². The molecule has 5 heteroatoms. The van der Waals surface area contributed by atoms with Gasteiger partial charge in [0.1, 0.15) is 0 Å². The second-order valence-corrected chi connectivity index (χ2v) is 7.55. The third-order valence-electron chi connectivity index (χ3n) is 3.72. The molecule has 0 aliphatic heterocycles. The molecule has 0 fully saturated rings. The van der Waals surface area contributed by atoms with Gasteiger partial charge in [-0.3, -0.25) is 4.31 Å². The van der Waals surface area contributed by atoms with Crippen molar-refractivity contribution in [1.82, 2.24) is 0 Å². The maximum absolute atomic E-state index is 13.1. The normalized spacial score (nSPS) is 11.4. The van der Waals surface area contributed by atoms with Crippen LogP contribution in [0.5, 0.6) is 0 Å². The third-order valence-corrected chi connectivity index (χ3v) is 5.82. The van der Waals surface area contributed by atoms with Crippen LogP contribution in [0.25, 0.3) is 10.8 Å². The van der Waals surface area contributed by atoms with Gasteiger partial charge in [-0.25, -0.2) is 8.42 Å². The highest BCUT2D eigenvalue weighted by atomic mass is 35.5. The monoisotopic (exact) mass is 357 g/mol. The highest BCUT2D eigenvalue weighted by Gasteiger charge is 2.25. The molecule has 0 unspecified atom stereocenters. The first-order chi connectivity index (χ1) is 11.5. The topological polar surface area (TPSA) is 37.4 Å². The van der Waals surface area contributed by atoms with E-state index < -0.39 is 10.0 Å². The fourth-order valence-electron chi connectivity index (χ4n) is 2.55. The Morgan fingerprint density at radius 1 is 0.958 bits per heavy atom. The van der Waals surface area contributed by atoms with Gasteiger partial charge in [-0.05, 0) is 35.0 Å². The van der Waals surface area contributed by atoms with Gasteiger partial charge in [0.15, 0.2) is 0 Å². The molecule has 3 nitrogen and oxygen atoms in total. The molecule has 3 aromatic carbocycles. The Labute approximate surface area is 146 Å². The average molecular weight is 358 g/mol. The molecule has 0 bridgehead atoms. The molecule has 122 valence electrons. The van der Waals surface area contributed by atoms with Crippen LogP contribution in [0, 0.1) is 0 Å². The summed E-state index contributed by atoms with van der Waals surface area (Å²) in [6.07, 6.45) is 1.54. The lowest BCUT2D eigenvalue weighted by Crippen LogP contribution is -2.31. The van der Waals surface area contributed by atoms with E-state index in [1.54, 1.807) is 48.5 Å². The Bertz CT molecular complexity index is 999. The Balaban J connectivity index is 2.14. The second-order valence-electron chi connectivity index (χ2n) is 5.29. The van der Waals surface area contributed by atoms with Crippen molar-refractivity contribution in [2.75, 3.05) is 10.8 Å². The Hall–Kier alpha value is -2.30. The number of halogens is 1. The summed E-state index contributed by atoms with van der Waals surface area (Å²) in [6, 6.07) is 19.6. The Morgan fingerprint density at radius 2 is 1.62 bits per heavy atom. The van der Waals surface area contributed by atoms with Gasteiger partial charge in [-0.2, -0.15) is 0 Å². The number of fused-ring (bicyclic) bond motifs is 1. The maximum Gasteiger partial charge on any atom is 0.264 e. The predicted octanol–water partition coefficient (Wildman–Crippen LogP) is 4.87. The van der Waals surface area contributed by atoms with E-state index in [1.165, 1.54) is 4.31 Å². The number of anilines is 1. The number of sulfonamides is 1. The molecule has 0 spiro atoms.